The van der Waals surface area contributed by atoms with Crippen LogP contribution >= 0.6 is 7.82 Å². The number of ether oxygens (including phenoxy) is 2. The van der Waals surface area contributed by atoms with Crippen molar-refractivity contribution in [2.24, 2.45) is 0 Å². The van der Waals surface area contributed by atoms with Gasteiger partial charge in [0.25, 0.3) is 0 Å². The van der Waals surface area contributed by atoms with Gasteiger partial charge in [0, 0.05) is 12.8 Å². The number of carbonyl (C=O) groups excluding carboxylic acids is 2. The molecular weight excluding hydrogens is 671 g/mol. The molecule has 0 amide bonds. The van der Waals surface area contributed by atoms with Gasteiger partial charge in [0.15, 0.2) is 6.10 Å². The minimum atomic E-state index is -4.64. The Bertz CT molecular complexity index is 1120. The molecule has 0 heterocycles. The van der Waals surface area contributed by atoms with Gasteiger partial charge in [0.1, 0.15) is 12.7 Å². The fourth-order valence-corrected chi connectivity index (χ4v) is 5.10. The fourth-order valence-electron chi connectivity index (χ4n) is 4.31. The number of carbonyl (C=O) groups is 2. The van der Waals surface area contributed by atoms with E-state index in [0.29, 0.717) is 19.3 Å². The molecule has 0 radical (unpaired) electrons. The molecule has 290 valence electrons. The molecule has 0 rings (SSSR count). The van der Waals surface area contributed by atoms with Crippen molar-refractivity contribution in [3.05, 3.63) is 85.1 Å². The lowest BCUT2D eigenvalue weighted by atomic mass is 10.1. The average Bonchev–Trinajstić information content (AvgIpc) is 3.12. The lowest BCUT2D eigenvalue weighted by Crippen LogP contribution is -2.29. The highest BCUT2D eigenvalue weighted by Crippen LogP contribution is 2.43. The Morgan fingerprint density at radius 2 is 1.10 bits per heavy atom. The smallest absolute Gasteiger partial charge is 0.462 e. The number of esters is 2. The number of aliphatic hydroxyl groups excluding tert-OH is 2. The zero-order chi connectivity index (χ0) is 37.7. The van der Waals surface area contributed by atoms with E-state index in [9.17, 15) is 24.2 Å². The topological polar surface area (TPSA) is 149 Å². The second-order valence-corrected chi connectivity index (χ2v) is 13.5. The molecule has 3 atom stereocenters. The third-order valence-corrected chi connectivity index (χ3v) is 8.14. The molecule has 0 spiro atoms. The normalized spacial score (nSPS) is 15.0. The van der Waals surface area contributed by atoms with Gasteiger partial charge in [-0.25, -0.2) is 4.57 Å². The Labute approximate surface area is 307 Å². The molecule has 0 saturated heterocycles. The lowest BCUT2D eigenvalue weighted by Gasteiger charge is -2.20. The van der Waals surface area contributed by atoms with E-state index in [1.165, 1.54) is 19.3 Å². The lowest BCUT2D eigenvalue weighted by molar-refractivity contribution is -0.161. The van der Waals surface area contributed by atoms with Gasteiger partial charge in [-0.2, -0.15) is 0 Å². The number of unbranched alkanes of at least 4 members (excludes halogenated alkanes) is 10. The van der Waals surface area contributed by atoms with E-state index < -0.39 is 51.8 Å². The highest BCUT2D eigenvalue weighted by atomic mass is 31.2. The maximum Gasteiger partial charge on any atom is 0.472 e. The van der Waals surface area contributed by atoms with E-state index in [-0.39, 0.29) is 19.4 Å². The SMILES string of the molecule is CC/C=C/C=C/C=C/C=C/C=C/CCCC(=O)OC(COC(=O)CCCCCCCC/C=C/C=C/CCCCC)COP(=O)(O)OC[C@@H](O)CO. The summed E-state index contributed by atoms with van der Waals surface area (Å²) in [6.07, 6.45) is 39.9. The third-order valence-electron chi connectivity index (χ3n) is 7.19. The standard InChI is InChI=1S/C40H65O10P/c1-3-5-7-9-11-13-15-17-18-20-21-23-25-27-29-31-39(43)47-35-38(36-49-51(45,46)48-34-37(42)33-41)50-40(44)32-30-28-26-24-22-19-16-14-12-10-8-6-4-2/h6,8,10-17,19,22,24,26,37-38,41-42H,3-5,7,9,18,20-21,23,25,27-36H2,1-2H3,(H,45,46)/b8-6+,12-10+,13-11+,16-14+,17-15+,22-19+,26-24+/t37-,38?/m0/s1. The molecule has 51 heavy (non-hydrogen) atoms. The maximum atomic E-state index is 12.5. The van der Waals surface area contributed by atoms with E-state index in [4.69, 9.17) is 19.1 Å². The number of allylic oxidation sites excluding steroid dienone is 14. The molecule has 11 heteroatoms. The molecule has 0 saturated carbocycles. The Kier molecular flexibility index (Phi) is 33.6. The van der Waals surface area contributed by atoms with E-state index in [1.54, 1.807) is 0 Å². The Hall–Kier alpha value is -2.85. The molecule has 0 aliphatic rings. The zero-order valence-corrected chi connectivity index (χ0v) is 31.9. The van der Waals surface area contributed by atoms with Crippen molar-refractivity contribution in [2.45, 2.75) is 129 Å². The molecule has 0 fully saturated rings. The summed E-state index contributed by atoms with van der Waals surface area (Å²) in [5.74, 6) is -1.04. The van der Waals surface area contributed by atoms with Crippen LogP contribution in [0, 0.1) is 0 Å². The van der Waals surface area contributed by atoms with E-state index in [1.807, 2.05) is 54.7 Å². The number of aliphatic hydroxyl groups is 2. The van der Waals surface area contributed by atoms with Crippen LogP contribution in [0.5, 0.6) is 0 Å². The molecule has 0 aromatic heterocycles. The number of hydrogen-bond acceptors (Lipinski definition) is 9. The van der Waals surface area contributed by atoms with Crippen molar-refractivity contribution in [2.75, 3.05) is 26.4 Å². The third kappa shape index (κ3) is 35.3. The monoisotopic (exact) mass is 736 g/mol. The molecule has 10 nitrogen and oxygen atoms in total. The fraction of sp³-hybridized carbons (Fsp3) is 0.600. The van der Waals surface area contributed by atoms with Crippen molar-refractivity contribution in [3.8, 4) is 0 Å². The molecule has 3 N–H and O–H groups in total. The number of phosphoric ester groups is 1. The minimum Gasteiger partial charge on any atom is -0.462 e. The first-order valence-corrected chi connectivity index (χ1v) is 20.1. The molecule has 0 aromatic carbocycles. The summed E-state index contributed by atoms with van der Waals surface area (Å²) in [6.45, 7) is 2.06. The first-order valence-electron chi connectivity index (χ1n) is 18.6. The van der Waals surface area contributed by atoms with Crippen LogP contribution in [0.1, 0.15) is 117 Å². The second-order valence-electron chi connectivity index (χ2n) is 12.0. The number of hydrogen-bond donors (Lipinski definition) is 3. The van der Waals surface area contributed by atoms with Crippen LogP contribution in [-0.2, 0) is 32.7 Å². The summed E-state index contributed by atoms with van der Waals surface area (Å²) < 4.78 is 32.5. The number of rotatable bonds is 33. The predicted molar refractivity (Wildman–Crippen MR) is 205 cm³/mol. The molecule has 2 unspecified atom stereocenters. The highest BCUT2D eigenvalue weighted by molar-refractivity contribution is 7.47. The van der Waals surface area contributed by atoms with Gasteiger partial charge in [0.05, 0.1) is 19.8 Å². The van der Waals surface area contributed by atoms with Gasteiger partial charge in [-0.3, -0.25) is 18.6 Å². The quantitative estimate of drug-likeness (QED) is 0.0258. The Morgan fingerprint density at radius 3 is 1.71 bits per heavy atom. The molecule has 0 aliphatic heterocycles. The van der Waals surface area contributed by atoms with Gasteiger partial charge in [-0.15, -0.1) is 0 Å². The average molecular weight is 737 g/mol. The number of phosphoric acid groups is 1. The minimum absolute atomic E-state index is 0.0803. The van der Waals surface area contributed by atoms with Crippen molar-refractivity contribution >= 4 is 19.8 Å². The molecule has 0 bridgehead atoms. The summed E-state index contributed by atoms with van der Waals surface area (Å²) in [5, 5.41) is 18.3. The second kappa shape index (κ2) is 35.5. The van der Waals surface area contributed by atoms with E-state index in [2.05, 4.69) is 48.8 Å². The van der Waals surface area contributed by atoms with Gasteiger partial charge in [-0.1, -0.05) is 137 Å². The summed E-state index contributed by atoms with van der Waals surface area (Å²) in [4.78, 5) is 34.8. The van der Waals surface area contributed by atoms with Crippen LogP contribution in [0.25, 0.3) is 0 Å². The largest absolute Gasteiger partial charge is 0.472 e. The van der Waals surface area contributed by atoms with Gasteiger partial charge < -0.3 is 24.6 Å². The summed E-state index contributed by atoms with van der Waals surface area (Å²) >= 11 is 0. The van der Waals surface area contributed by atoms with Gasteiger partial charge in [0.2, 0.25) is 0 Å². The molecule has 0 aromatic rings. The zero-order valence-electron chi connectivity index (χ0n) is 31.0. The van der Waals surface area contributed by atoms with Crippen LogP contribution in [0.4, 0.5) is 0 Å². The van der Waals surface area contributed by atoms with Crippen LogP contribution in [0.2, 0.25) is 0 Å². The van der Waals surface area contributed by atoms with Crippen LogP contribution in [-0.4, -0.2) is 65.7 Å². The Morgan fingerprint density at radius 1 is 0.608 bits per heavy atom. The van der Waals surface area contributed by atoms with Gasteiger partial charge >= 0.3 is 19.8 Å². The highest BCUT2D eigenvalue weighted by Gasteiger charge is 2.27. The molecular formula is C40H65O10P. The van der Waals surface area contributed by atoms with Crippen LogP contribution < -0.4 is 0 Å². The first-order chi connectivity index (χ1) is 24.7. The maximum absolute atomic E-state index is 12.5. The summed E-state index contributed by atoms with van der Waals surface area (Å²) in [6, 6.07) is 0. The van der Waals surface area contributed by atoms with Gasteiger partial charge in [-0.05, 0) is 51.4 Å². The summed E-state index contributed by atoms with van der Waals surface area (Å²) in [7, 11) is -4.64. The summed E-state index contributed by atoms with van der Waals surface area (Å²) in [5.41, 5.74) is 0. The van der Waals surface area contributed by atoms with Crippen LogP contribution in [0.15, 0.2) is 85.1 Å². The van der Waals surface area contributed by atoms with Crippen LogP contribution in [0.3, 0.4) is 0 Å². The van der Waals surface area contributed by atoms with E-state index >= 15 is 0 Å². The van der Waals surface area contributed by atoms with Crippen molar-refractivity contribution in [1.82, 2.24) is 0 Å². The molecule has 0 aliphatic carbocycles. The van der Waals surface area contributed by atoms with Crippen molar-refractivity contribution < 1.29 is 47.8 Å². The van der Waals surface area contributed by atoms with Crippen molar-refractivity contribution in [1.29, 1.82) is 0 Å². The Balaban J connectivity index is 4.54. The predicted octanol–water partition coefficient (Wildman–Crippen LogP) is 9.10. The van der Waals surface area contributed by atoms with Crippen molar-refractivity contribution in [3.63, 3.8) is 0 Å². The first kappa shape index (κ1) is 48.1. The van der Waals surface area contributed by atoms with E-state index in [0.717, 1.165) is 51.4 Å².